The Morgan fingerprint density at radius 2 is 2.21 bits per heavy atom. The van der Waals surface area contributed by atoms with Crippen molar-refractivity contribution in [3.05, 3.63) is 52.4 Å². The van der Waals surface area contributed by atoms with Crippen molar-refractivity contribution in [2.24, 2.45) is 0 Å². The molecule has 102 valence electrons. The van der Waals surface area contributed by atoms with Gasteiger partial charge in [-0.05, 0) is 59.6 Å². The van der Waals surface area contributed by atoms with E-state index < -0.39 is 0 Å². The van der Waals surface area contributed by atoms with Crippen molar-refractivity contribution in [1.82, 2.24) is 5.32 Å². The fraction of sp³-hybridized carbons (Fsp3) is 0.333. The highest BCUT2D eigenvalue weighted by atomic mass is 79.9. The third-order valence-corrected chi connectivity index (χ3v) is 3.35. The van der Waals surface area contributed by atoms with Gasteiger partial charge < -0.3 is 14.5 Å². The fourth-order valence-corrected chi connectivity index (χ4v) is 2.36. The van der Waals surface area contributed by atoms with Crippen molar-refractivity contribution >= 4 is 15.9 Å². The summed E-state index contributed by atoms with van der Waals surface area (Å²) in [6.07, 6.45) is 1.77. The average molecular weight is 324 g/mol. The maximum absolute atomic E-state index is 5.88. The number of halogens is 1. The van der Waals surface area contributed by atoms with E-state index in [4.69, 9.17) is 9.15 Å². The first-order chi connectivity index (χ1) is 9.15. The lowest BCUT2D eigenvalue weighted by atomic mass is 10.2. The van der Waals surface area contributed by atoms with E-state index in [1.165, 1.54) is 5.56 Å². The molecule has 0 radical (unpaired) electrons. The average Bonchev–Trinajstić information content (AvgIpc) is 2.86. The Kier molecular flexibility index (Phi) is 5.05. The summed E-state index contributed by atoms with van der Waals surface area (Å²) in [5, 5.41) is 3.30. The maximum Gasteiger partial charge on any atom is 0.133 e. The number of hydrogen-bond donors (Lipinski definition) is 1. The van der Waals surface area contributed by atoms with E-state index in [1.807, 2.05) is 31.2 Å². The minimum Gasteiger partial charge on any atom is -0.488 e. The predicted molar refractivity (Wildman–Crippen MR) is 79.4 cm³/mol. The SMILES string of the molecule is Cc1ccc(OC(C)CNCc2ccco2)c(Br)c1. The summed E-state index contributed by atoms with van der Waals surface area (Å²) in [6.45, 7) is 5.58. The summed E-state index contributed by atoms with van der Waals surface area (Å²) in [4.78, 5) is 0. The Bertz CT molecular complexity index is 511. The molecule has 0 aliphatic heterocycles. The van der Waals surface area contributed by atoms with Crippen LogP contribution in [0.5, 0.6) is 5.75 Å². The molecule has 2 rings (SSSR count). The zero-order chi connectivity index (χ0) is 13.7. The van der Waals surface area contributed by atoms with E-state index in [0.29, 0.717) is 0 Å². The summed E-state index contributed by atoms with van der Waals surface area (Å²) in [7, 11) is 0. The van der Waals surface area contributed by atoms with Crippen LogP contribution in [0.4, 0.5) is 0 Å². The van der Waals surface area contributed by atoms with Gasteiger partial charge >= 0.3 is 0 Å². The van der Waals surface area contributed by atoms with Crippen molar-refractivity contribution in [3.8, 4) is 5.75 Å². The molecule has 0 aliphatic carbocycles. The fourth-order valence-electron chi connectivity index (χ4n) is 1.77. The van der Waals surface area contributed by atoms with Gasteiger partial charge in [-0.3, -0.25) is 0 Å². The van der Waals surface area contributed by atoms with Gasteiger partial charge in [0.2, 0.25) is 0 Å². The van der Waals surface area contributed by atoms with Crippen LogP contribution < -0.4 is 10.1 Å². The molecule has 0 bridgehead atoms. The summed E-state index contributed by atoms with van der Waals surface area (Å²) < 4.78 is 12.1. The van der Waals surface area contributed by atoms with Gasteiger partial charge in [0.05, 0.1) is 17.3 Å². The lowest BCUT2D eigenvalue weighted by Gasteiger charge is -2.16. The quantitative estimate of drug-likeness (QED) is 0.875. The third kappa shape index (κ3) is 4.40. The van der Waals surface area contributed by atoms with Crippen molar-refractivity contribution in [1.29, 1.82) is 0 Å². The van der Waals surface area contributed by atoms with Crippen LogP contribution in [-0.4, -0.2) is 12.6 Å². The van der Waals surface area contributed by atoms with E-state index in [0.717, 1.165) is 29.1 Å². The van der Waals surface area contributed by atoms with Crippen molar-refractivity contribution in [2.75, 3.05) is 6.54 Å². The van der Waals surface area contributed by atoms with Crippen molar-refractivity contribution in [3.63, 3.8) is 0 Å². The Morgan fingerprint density at radius 1 is 1.37 bits per heavy atom. The van der Waals surface area contributed by atoms with Crippen LogP contribution in [0.1, 0.15) is 18.2 Å². The number of furan rings is 1. The Labute approximate surface area is 122 Å². The van der Waals surface area contributed by atoms with Crippen LogP contribution in [0.2, 0.25) is 0 Å². The topological polar surface area (TPSA) is 34.4 Å². The summed E-state index contributed by atoms with van der Waals surface area (Å²) in [6, 6.07) is 9.93. The monoisotopic (exact) mass is 323 g/mol. The molecule has 0 saturated carbocycles. The molecule has 1 aromatic heterocycles. The minimum absolute atomic E-state index is 0.0916. The van der Waals surface area contributed by atoms with E-state index in [-0.39, 0.29) is 6.10 Å². The molecule has 1 atom stereocenters. The minimum atomic E-state index is 0.0916. The Balaban J connectivity index is 1.79. The molecule has 0 saturated heterocycles. The van der Waals surface area contributed by atoms with Gasteiger partial charge in [-0.1, -0.05) is 6.07 Å². The van der Waals surface area contributed by atoms with Gasteiger partial charge in [0, 0.05) is 6.54 Å². The van der Waals surface area contributed by atoms with E-state index in [2.05, 4.69) is 34.2 Å². The molecule has 1 unspecified atom stereocenters. The van der Waals surface area contributed by atoms with E-state index in [9.17, 15) is 0 Å². The van der Waals surface area contributed by atoms with E-state index in [1.54, 1.807) is 6.26 Å². The molecule has 4 heteroatoms. The van der Waals surface area contributed by atoms with Crippen LogP contribution in [0, 0.1) is 6.92 Å². The lowest BCUT2D eigenvalue weighted by molar-refractivity contribution is 0.214. The molecule has 0 amide bonds. The van der Waals surface area contributed by atoms with Crippen LogP contribution in [0.15, 0.2) is 45.5 Å². The zero-order valence-electron chi connectivity index (χ0n) is 11.2. The first-order valence-electron chi connectivity index (χ1n) is 6.31. The molecular formula is C15H18BrNO2. The zero-order valence-corrected chi connectivity index (χ0v) is 12.7. The second kappa shape index (κ2) is 6.78. The first-order valence-corrected chi connectivity index (χ1v) is 7.10. The highest BCUT2D eigenvalue weighted by molar-refractivity contribution is 9.10. The third-order valence-electron chi connectivity index (χ3n) is 2.73. The normalized spacial score (nSPS) is 12.4. The number of nitrogens with one attached hydrogen (secondary N) is 1. The van der Waals surface area contributed by atoms with Crippen LogP contribution in [0.25, 0.3) is 0 Å². The number of ether oxygens (including phenoxy) is 1. The number of hydrogen-bond acceptors (Lipinski definition) is 3. The van der Waals surface area contributed by atoms with Crippen molar-refractivity contribution in [2.45, 2.75) is 26.5 Å². The van der Waals surface area contributed by atoms with Gasteiger partial charge in [0.25, 0.3) is 0 Å². The molecule has 1 N–H and O–H groups in total. The van der Waals surface area contributed by atoms with Crippen molar-refractivity contribution < 1.29 is 9.15 Å². The molecule has 0 spiro atoms. The largest absolute Gasteiger partial charge is 0.488 e. The Hall–Kier alpha value is -1.26. The van der Waals surface area contributed by atoms with E-state index >= 15 is 0 Å². The van der Waals surface area contributed by atoms with Gasteiger partial charge in [-0.2, -0.15) is 0 Å². The molecule has 3 nitrogen and oxygen atoms in total. The van der Waals surface area contributed by atoms with Gasteiger partial charge in [0.15, 0.2) is 0 Å². The number of aryl methyl sites for hydroxylation is 1. The molecule has 2 aromatic rings. The van der Waals surface area contributed by atoms with Gasteiger partial charge in [-0.15, -0.1) is 0 Å². The standard InChI is InChI=1S/C15H18BrNO2/c1-11-5-6-15(14(16)8-11)19-12(2)9-17-10-13-4-3-7-18-13/h3-8,12,17H,9-10H2,1-2H3. The van der Waals surface area contributed by atoms with Gasteiger partial charge in [-0.25, -0.2) is 0 Å². The molecule has 1 heterocycles. The number of rotatable bonds is 6. The molecule has 0 aliphatic rings. The van der Waals surface area contributed by atoms with Crippen LogP contribution in [-0.2, 0) is 6.54 Å². The first kappa shape index (κ1) is 14.2. The molecule has 19 heavy (non-hydrogen) atoms. The van der Waals surface area contributed by atoms with Crippen LogP contribution in [0.3, 0.4) is 0 Å². The maximum atomic E-state index is 5.88. The molecule has 0 fully saturated rings. The highest BCUT2D eigenvalue weighted by Gasteiger charge is 2.07. The summed E-state index contributed by atoms with van der Waals surface area (Å²) in [5.74, 6) is 1.81. The molecular weight excluding hydrogens is 306 g/mol. The second-order valence-corrected chi connectivity index (χ2v) is 5.43. The second-order valence-electron chi connectivity index (χ2n) is 4.57. The highest BCUT2D eigenvalue weighted by Crippen LogP contribution is 2.26. The molecule has 1 aromatic carbocycles. The summed E-state index contributed by atoms with van der Waals surface area (Å²) in [5.41, 5.74) is 1.21. The summed E-state index contributed by atoms with van der Waals surface area (Å²) >= 11 is 3.51. The van der Waals surface area contributed by atoms with Gasteiger partial charge in [0.1, 0.15) is 17.6 Å². The lowest BCUT2D eigenvalue weighted by Crippen LogP contribution is -2.28. The van der Waals surface area contributed by atoms with Crippen LogP contribution >= 0.6 is 15.9 Å². The number of benzene rings is 1. The predicted octanol–water partition coefficient (Wildman–Crippen LogP) is 3.91. The Morgan fingerprint density at radius 3 is 2.89 bits per heavy atom. The smallest absolute Gasteiger partial charge is 0.133 e.